The van der Waals surface area contributed by atoms with Gasteiger partial charge in [-0.1, -0.05) is 328 Å². The van der Waals surface area contributed by atoms with Crippen molar-refractivity contribution in [1.29, 1.82) is 0 Å². The maximum Gasteiger partial charge on any atom is 0.305 e. The lowest BCUT2D eigenvalue weighted by Gasteiger charge is -2.32. The van der Waals surface area contributed by atoms with Crippen molar-refractivity contribution in [1.82, 2.24) is 71.5 Å². The molecular weight excluding hydrogens is 1780 g/mol. The van der Waals surface area contributed by atoms with Crippen LogP contribution in [0.2, 0.25) is 0 Å². The Morgan fingerprint density at radius 2 is 0.574 bits per heavy atom. The molecule has 0 aliphatic carbocycles. The van der Waals surface area contributed by atoms with Gasteiger partial charge in [0.05, 0.1) is 19.8 Å². The van der Waals surface area contributed by atoms with Gasteiger partial charge >= 0.3 is 5.97 Å². The van der Waals surface area contributed by atoms with E-state index in [0.717, 1.165) is 65.2 Å². The van der Waals surface area contributed by atoms with Crippen molar-refractivity contribution >= 4 is 58.9 Å². The summed E-state index contributed by atoms with van der Waals surface area (Å²) in [5.74, 6) is 2.17. The number of nitrogens with zero attached hydrogens (tertiary/aromatic N) is 7. The van der Waals surface area contributed by atoms with Gasteiger partial charge in [-0.25, -0.2) is 0 Å². The minimum atomic E-state index is -0.355. The zero-order valence-corrected chi connectivity index (χ0v) is 70.7. The first-order chi connectivity index (χ1) is 51.3. The number of hydrogen-bond acceptors (Lipinski definition) is 22. The smallest absolute Gasteiger partial charge is 0.305 e. The molecule has 29 heteroatoms. The van der Waals surface area contributed by atoms with Crippen LogP contribution in [0.25, 0.3) is 0 Å². The molecule has 0 rings (SSSR count). The Kier molecular flexibility index (Phi) is 275. The minimum absolute atomic E-state index is 0. The lowest BCUT2D eigenvalue weighted by molar-refractivity contribution is -0.145. The van der Waals surface area contributed by atoms with Gasteiger partial charge in [0.2, 0.25) is 41.4 Å². The number of amides is 7. The molecule has 0 aromatic heterocycles. The van der Waals surface area contributed by atoms with E-state index < -0.39 is 0 Å². The Morgan fingerprint density at radius 1 is 0.270 bits per heavy atom. The molecule has 0 radical (unpaired) electrons. The minimum Gasteiger partial charge on any atom is -0.463 e. The number of hydrogen-bond donors (Lipinski definition) is 9. The first kappa shape index (κ1) is 243. The molecule has 896 valence electrons. The lowest BCUT2D eigenvalue weighted by Crippen LogP contribution is -2.43. The van der Waals surface area contributed by atoms with Crippen LogP contribution in [0, 0.1) is 35.5 Å². The normalized spacial score (nSPS) is 9.02. The number of ketones is 2. The van der Waals surface area contributed by atoms with E-state index in [9.17, 15) is 47.9 Å². The van der Waals surface area contributed by atoms with Crippen molar-refractivity contribution in [3.63, 3.8) is 0 Å². The summed E-state index contributed by atoms with van der Waals surface area (Å²) in [6.45, 7) is 48.6. The highest BCUT2D eigenvalue weighted by Gasteiger charge is 2.20. The Bertz CT molecular complexity index is 2390. The van der Waals surface area contributed by atoms with Gasteiger partial charge in [-0.15, -0.1) is 0 Å². The second-order valence-electron chi connectivity index (χ2n) is 31.2. The van der Waals surface area contributed by atoms with Crippen LogP contribution in [0.15, 0.2) is 0 Å². The molecule has 0 aromatic carbocycles. The number of nitrogens with one attached hydrogen (secondary N) is 7. The van der Waals surface area contributed by atoms with Gasteiger partial charge in [-0.05, 0) is 82.8 Å². The van der Waals surface area contributed by atoms with E-state index in [2.05, 4.69) is 145 Å². The third kappa shape index (κ3) is 160. The predicted molar refractivity (Wildman–Crippen MR) is 655 cm³/mol. The number of carbonyl (C=O) groups excluding carboxylic acids is 10. The summed E-state index contributed by atoms with van der Waals surface area (Å²) in [6.07, 6.45) is 6.06. The fourth-order valence-electron chi connectivity index (χ4n) is 11.2. The lowest BCUT2D eigenvalue weighted by atomic mass is 10.1. The molecule has 0 aliphatic heterocycles. The summed E-state index contributed by atoms with van der Waals surface area (Å²) in [5, 5.41) is 20.4. The van der Waals surface area contributed by atoms with Gasteiger partial charge < -0.3 is 92.3 Å². The summed E-state index contributed by atoms with van der Waals surface area (Å²) in [6, 6.07) is 0.502. The maximum absolute atomic E-state index is 12.8. The van der Waals surface area contributed by atoms with E-state index >= 15 is 0 Å². The number of ether oxygens (including phenoxy) is 3. The number of esters is 1. The van der Waals surface area contributed by atoms with E-state index in [-0.39, 0.29) is 342 Å². The fraction of sp³-hybridized carbons (Fsp3) is 0.911. The first-order valence-corrected chi connectivity index (χ1v) is 40.9. The molecule has 0 spiro atoms. The van der Waals surface area contributed by atoms with Gasteiger partial charge in [0.15, 0.2) is 0 Å². The molecule has 0 aliphatic rings. The topological polar surface area (TPSA) is 357 Å². The van der Waals surface area contributed by atoms with Crippen LogP contribution in [0.5, 0.6) is 0 Å². The molecule has 11 N–H and O–H groups in total. The standard InChI is InChI=1S/C41H80N8O9.C38H78N8O4.33CH4/c1-34(2)11-24-48(25-16-40(54)46-33-35(3)4)21-8-9-36(50)12-22-47(5)23-13-37(51)45-20-28-49(27-15-39(53)44-19-17-42)26-14-38(52)43-18-7-10-41(55)58-32-31-57-30-29-56-6;1-30(2)27-44(24-18-42-38(50)14-22-45(28-31(3)4)25-26-46(34(9)10)29-32(5)6)21-13-37(49)41-17-23-43(19-11-35(47)33(7)8)20-12-36(48)40-16-15-39;;;;;;;;;;;;;;;;;;;;;;;;;;;;;;;;;/h34-35H,7-33,42H2,1-6H3,(H,43,52)(H,44,53)(H,45,51)(H,46,54);30-34H,11-29,39H2,1-10H3,(H,40,48)(H,41,49)(H,42,50);33*1H4. The number of rotatable bonds is 70. The second-order valence-corrected chi connectivity index (χ2v) is 31.2. The maximum atomic E-state index is 12.8. The quantitative estimate of drug-likeness (QED) is 0.0202. The summed E-state index contributed by atoms with van der Waals surface area (Å²) in [4.78, 5) is 140. The van der Waals surface area contributed by atoms with Crippen LogP contribution < -0.4 is 48.7 Å². The van der Waals surface area contributed by atoms with Crippen molar-refractivity contribution < 1.29 is 62.2 Å². The van der Waals surface area contributed by atoms with Crippen molar-refractivity contribution in [2.45, 2.75) is 438 Å². The molecule has 0 bridgehead atoms. The van der Waals surface area contributed by atoms with Crippen LogP contribution in [-0.4, -0.2) is 323 Å². The highest BCUT2D eigenvalue weighted by molar-refractivity contribution is 5.81. The molecule has 0 saturated heterocycles. The third-order valence-corrected chi connectivity index (χ3v) is 17.7. The second kappa shape index (κ2) is 160. The van der Waals surface area contributed by atoms with Crippen molar-refractivity contribution in [3.8, 4) is 0 Å². The number of nitrogens with two attached hydrogens (primary N) is 2. The molecular formula is C112H290N16O13. The molecule has 29 nitrogen and oxygen atoms in total. The van der Waals surface area contributed by atoms with Crippen LogP contribution in [-0.2, 0) is 62.2 Å². The van der Waals surface area contributed by atoms with E-state index in [1.165, 1.54) is 0 Å². The van der Waals surface area contributed by atoms with Crippen LogP contribution >= 0.6 is 0 Å². The summed E-state index contributed by atoms with van der Waals surface area (Å²) in [7, 11) is 3.48. The first-order valence-electron chi connectivity index (χ1n) is 40.9. The third-order valence-electron chi connectivity index (χ3n) is 17.7. The van der Waals surface area contributed by atoms with Gasteiger partial charge in [0.1, 0.15) is 18.2 Å². The van der Waals surface area contributed by atoms with Gasteiger partial charge in [0, 0.05) is 260 Å². The molecule has 0 aromatic rings. The van der Waals surface area contributed by atoms with Gasteiger partial charge in [0.25, 0.3) is 0 Å². The zero-order valence-electron chi connectivity index (χ0n) is 70.7. The van der Waals surface area contributed by atoms with Crippen molar-refractivity contribution in [2.75, 3.05) is 224 Å². The summed E-state index contributed by atoms with van der Waals surface area (Å²) in [5.41, 5.74) is 11.0. The van der Waals surface area contributed by atoms with Crippen LogP contribution in [0.1, 0.15) is 432 Å². The van der Waals surface area contributed by atoms with Gasteiger partial charge in [-0.2, -0.15) is 0 Å². The van der Waals surface area contributed by atoms with Crippen LogP contribution in [0.3, 0.4) is 0 Å². The number of methoxy groups -OCH3 is 1. The number of Topliss-reactive ketones (excluding diaryl/α,β-unsaturated/α-hetero) is 2. The van der Waals surface area contributed by atoms with E-state index in [4.69, 9.17) is 25.7 Å². The zero-order chi connectivity index (χ0) is 81.5. The molecule has 141 heavy (non-hydrogen) atoms. The van der Waals surface area contributed by atoms with Gasteiger partial charge in [-0.3, -0.25) is 52.8 Å². The molecule has 7 amide bonds. The Labute approximate surface area is 896 Å². The summed E-state index contributed by atoms with van der Waals surface area (Å²) < 4.78 is 15.2. The Balaban J connectivity index is -0.0000000394. The van der Waals surface area contributed by atoms with E-state index in [1.54, 1.807) is 7.11 Å². The number of carbonyl (C=O) groups is 10. The predicted octanol–water partition coefficient (Wildman–Crippen LogP) is 24.6. The molecule has 0 saturated carbocycles. The Hall–Kier alpha value is -5.34. The molecule has 0 atom stereocenters. The van der Waals surface area contributed by atoms with Crippen molar-refractivity contribution in [2.24, 2.45) is 47.0 Å². The van der Waals surface area contributed by atoms with E-state index in [1.807, 2.05) is 30.7 Å². The highest BCUT2D eigenvalue weighted by atomic mass is 16.6. The molecule has 0 fully saturated rings. The SMILES string of the molecule is C.C.C.C.C.C.C.C.C.C.C.C.C.C.C.C.C.C.C.C.C.C.C.C.C.C.C.C.C.C.C.C.C.CC(C)CN(CCNC(=O)CCN(CCN(CC(C)C)C(C)C)CC(C)C)CCC(=O)NCCN(CCC(=O)NCCN)CCC(=O)C(C)C.COCCOCCOC(=O)CCCNC(=O)CCN(CCNC(=O)CCN(C)CCC(=O)CCCN(CCC(=O)NCC(C)C)CCC(C)C)CCC(=O)NCCN. The average Bonchev–Trinajstić information content (AvgIpc) is 0.921. The monoisotopic (exact) mass is 2070 g/mol. The van der Waals surface area contributed by atoms with Crippen LogP contribution in [0.4, 0.5) is 0 Å². The fourth-order valence-corrected chi connectivity index (χ4v) is 11.2. The van der Waals surface area contributed by atoms with E-state index in [0.29, 0.717) is 238 Å². The summed E-state index contributed by atoms with van der Waals surface area (Å²) >= 11 is 0. The largest absolute Gasteiger partial charge is 0.463 e. The average molecular weight is 2070 g/mol. The Morgan fingerprint density at radius 3 is 0.908 bits per heavy atom. The molecule has 0 unspecified atom stereocenters. The molecule has 0 heterocycles. The van der Waals surface area contributed by atoms with Crippen molar-refractivity contribution in [3.05, 3.63) is 0 Å². The highest BCUT2D eigenvalue weighted by Crippen LogP contribution is 2.11.